The molecule has 0 spiro atoms. The Morgan fingerprint density at radius 3 is 2.36 bits per heavy atom. The van der Waals surface area contributed by atoms with Gasteiger partial charge in [-0.3, -0.25) is 19.3 Å². The number of likely N-dealkylation sites (tertiary alicyclic amines) is 1. The first-order valence-electron chi connectivity index (χ1n) is 9.60. The average Bonchev–Trinajstić information content (AvgIpc) is 3.01. The van der Waals surface area contributed by atoms with Gasteiger partial charge in [0.05, 0.1) is 6.04 Å². The summed E-state index contributed by atoms with van der Waals surface area (Å²) in [5, 5.41) is 3.56. The standard InChI is InChI=1S/C22H23N3O3/c1-15-13-18(23-16-7-3-2-4-8-16)17-9-5-6-10-19(17)25(15)22(28)14-24-20(26)11-12-21(24)27/h2-10,15,18,23H,11-14H2,1H3/t15-,18-/m1/s1. The van der Waals surface area contributed by atoms with E-state index in [1.165, 1.54) is 0 Å². The van der Waals surface area contributed by atoms with Crippen LogP contribution in [0.4, 0.5) is 11.4 Å². The van der Waals surface area contributed by atoms with E-state index in [-0.39, 0.29) is 49.2 Å². The lowest BCUT2D eigenvalue weighted by molar-refractivity contribution is -0.141. The highest BCUT2D eigenvalue weighted by atomic mass is 16.2. The van der Waals surface area contributed by atoms with Crippen LogP contribution in [-0.4, -0.2) is 35.2 Å². The molecule has 1 saturated heterocycles. The molecule has 2 heterocycles. The van der Waals surface area contributed by atoms with Crippen molar-refractivity contribution in [2.24, 2.45) is 0 Å². The molecule has 144 valence electrons. The van der Waals surface area contributed by atoms with E-state index >= 15 is 0 Å². The Hall–Kier alpha value is -3.15. The Kier molecular flexibility index (Phi) is 4.86. The van der Waals surface area contributed by atoms with Gasteiger partial charge in [0.25, 0.3) is 0 Å². The summed E-state index contributed by atoms with van der Waals surface area (Å²) in [6.07, 6.45) is 1.13. The summed E-state index contributed by atoms with van der Waals surface area (Å²) in [5.41, 5.74) is 2.90. The summed E-state index contributed by atoms with van der Waals surface area (Å²) in [5.74, 6) is -0.749. The van der Waals surface area contributed by atoms with E-state index in [0.717, 1.165) is 28.3 Å². The molecule has 2 aliphatic rings. The molecule has 0 unspecified atom stereocenters. The summed E-state index contributed by atoms with van der Waals surface area (Å²) < 4.78 is 0. The van der Waals surface area contributed by atoms with Gasteiger partial charge in [-0.25, -0.2) is 0 Å². The van der Waals surface area contributed by atoms with E-state index in [4.69, 9.17) is 0 Å². The van der Waals surface area contributed by atoms with Crippen molar-refractivity contribution in [3.05, 3.63) is 60.2 Å². The molecule has 0 saturated carbocycles. The zero-order chi connectivity index (χ0) is 19.7. The molecule has 0 aliphatic carbocycles. The molecule has 2 atom stereocenters. The Balaban J connectivity index is 1.60. The van der Waals surface area contributed by atoms with E-state index < -0.39 is 0 Å². The lowest BCUT2D eigenvalue weighted by atomic mass is 9.91. The fourth-order valence-corrected chi connectivity index (χ4v) is 4.08. The lowest BCUT2D eigenvalue weighted by Gasteiger charge is -2.40. The van der Waals surface area contributed by atoms with Crippen LogP contribution < -0.4 is 10.2 Å². The third-order valence-electron chi connectivity index (χ3n) is 5.42. The van der Waals surface area contributed by atoms with Gasteiger partial charge in [-0.15, -0.1) is 0 Å². The van der Waals surface area contributed by atoms with Gasteiger partial charge >= 0.3 is 0 Å². The molecule has 1 fully saturated rings. The molecule has 6 heteroatoms. The molecule has 4 rings (SSSR count). The number of anilines is 2. The number of rotatable bonds is 4. The first-order valence-corrected chi connectivity index (χ1v) is 9.60. The van der Waals surface area contributed by atoms with Crippen LogP contribution in [0.15, 0.2) is 54.6 Å². The van der Waals surface area contributed by atoms with Gasteiger partial charge in [0.1, 0.15) is 6.54 Å². The van der Waals surface area contributed by atoms with Gasteiger partial charge < -0.3 is 10.2 Å². The third-order valence-corrected chi connectivity index (χ3v) is 5.42. The quantitative estimate of drug-likeness (QED) is 0.831. The van der Waals surface area contributed by atoms with Crippen molar-refractivity contribution in [2.75, 3.05) is 16.8 Å². The van der Waals surface area contributed by atoms with E-state index in [2.05, 4.69) is 5.32 Å². The molecule has 0 aromatic heterocycles. The number of nitrogens with one attached hydrogen (secondary N) is 1. The average molecular weight is 377 g/mol. The lowest BCUT2D eigenvalue weighted by Crippen LogP contribution is -2.49. The van der Waals surface area contributed by atoms with Crippen LogP contribution in [0.2, 0.25) is 0 Å². The summed E-state index contributed by atoms with van der Waals surface area (Å²) in [4.78, 5) is 39.7. The Morgan fingerprint density at radius 1 is 1.00 bits per heavy atom. The second-order valence-electron chi connectivity index (χ2n) is 7.34. The number of hydrogen-bond donors (Lipinski definition) is 1. The Bertz CT molecular complexity index is 896. The van der Waals surface area contributed by atoms with Crippen LogP contribution in [0.5, 0.6) is 0 Å². The number of amides is 3. The largest absolute Gasteiger partial charge is 0.378 e. The highest BCUT2D eigenvalue weighted by Gasteiger charge is 2.37. The highest BCUT2D eigenvalue weighted by Crippen LogP contribution is 2.39. The van der Waals surface area contributed by atoms with Crippen LogP contribution >= 0.6 is 0 Å². The summed E-state index contributed by atoms with van der Waals surface area (Å²) in [7, 11) is 0. The van der Waals surface area contributed by atoms with E-state index in [0.29, 0.717) is 0 Å². The first-order chi connectivity index (χ1) is 13.5. The van der Waals surface area contributed by atoms with Gasteiger partial charge in [0, 0.05) is 30.3 Å². The predicted molar refractivity (Wildman–Crippen MR) is 107 cm³/mol. The number of fused-ring (bicyclic) bond motifs is 1. The zero-order valence-corrected chi connectivity index (χ0v) is 15.8. The minimum absolute atomic E-state index is 0.0589. The van der Waals surface area contributed by atoms with Crippen LogP contribution in [0, 0.1) is 0 Å². The van der Waals surface area contributed by atoms with E-state index in [1.54, 1.807) is 4.90 Å². The van der Waals surface area contributed by atoms with Gasteiger partial charge in [-0.1, -0.05) is 36.4 Å². The maximum absolute atomic E-state index is 13.0. The fourth-order valence-electron chi connectivity index (χ4n) is 4.08. The number of carbonyl (C=O) groups excluding carboxylic acids is 3. The number of imide groups is 1. The molecule has 2 aromatic rings. The predicted octanol–water partition coefficient (Wildman–Crippen LogP) is 3.11. The van der Waals surface area contributed by atoms with Crippen molar-refractivity contribution in [3.8, 4) is 0 Å². The summed E-state index contributed by atoms with van der Waals surface area (Å²) in [6, 6.07) is 17.8. The van der Waals surface area contributed by atoms with Crippen molar-refractivity contribution in [1.29, 1.82) is 0 Å². The Labute approximate surface area is 164 Å². The van der Waals surface area contributed by atoms with Gasteiger partial charge in [0.15, 0.2) is 0 Å². The number of hydrogen-bond acceptors (Lipinski definition) is 4. The number of benzene rings is 2. The molecule has 2 aliphatic heterocycles. The van der Waals surface area contributed by atoms with E-state index in [1.807, 2.05) is 61.5 Å². The van der Waals surface area contributed by atoms with Crippen LogP contribution in [0.25, 0.3) is 0 Å². The minimum Gasteiger partial charge on any atom is -0.378 e. The van der Waals surface area contributed by atoms with Crippen molar-refractivity contribution in [1.82, 2.24) is 4.90 Å². The fraction of sp³-hybridized carbons (Fsp3) is 0.318. The highest BCUT2D eigenvalue weighted by molar-refractivity contribution is 6.07. The van der Waals surface area contributed by atoms with E-state index in [9.17, 15) is 14.4 Å². The number of carbonyl (C=O) groups is 3. The molecule has 3 amide bonds. The van der Waals surface area contributed by atoms with Crippen LogP contribution in [0.1, 0.15) is 37.8 Å². The van der Waals surface area contributed by atoms with Crippen molar-refractivity contribution < 1.29 is 14.4 Å². The second-order valence-corrected chi connectivity index (χ2v) is 7.34. The summed E-state index contributed by atoms with van der Waals surface area (Å²) >= 11 is 0. The topological polar surface area (TPSA) is 69.7 Å². The van der Waals surface area contributed by atoms with Crippen molar-refractivity contribution in [2.45, 2.75) is 38.3 Å². The number of para-hydroxylation sites is 2. The molecule has 0 bridgehead atoms. The maximum Gasteiger partial charge on any atom is 0.247 e. The van der Waals surface area contributed by atoms with Crippen LogP contribution in [0.3, 0.4) is 0 Å². The zero-order valence-electron chi connectivity index (χ0n) is 15.8. The number of nitrogens with zero attached hydrogens (tertiary/aromatic N) is 2. The normalized spacial score (nSPS) is 21.6. The molecule has 6 nitrogen and oxygen atoms in total. The Morgan fingerprint density at radius 2 is 1.64 bits per heavy atom. The third kappa shape index (κ3) is 3.38. The second kappa shape index (κ2) is 7.46. The monoisotopic (exact) mass is 377 g/mol. The van der Waals surface area contributed by atoms with Gasteiger partial charge in [-0.2, -0.15) is 0 Å². The molecule has 28 heavy (non-hydrogen) atoms. The van der Waals surface area contributed by atoms with Gasteiger partial charge in [0.2, 0.25) is 17.7 Å². The molecule has 2 aromatic carbocycles. The van der Waals surface area contributed by atoms with Gasteiger partial charge in [-0.05, 0) is 37.1 Å². The molecule has 1 N–H and O–H groups in total. The molecule has 0 radical (unpaired) electrons. The molecular formula is C22H23N3O3. The van der Waals surface area contributed by atoms with Crippen LogP contribution in [-0.2, 0) is 14.4 Å². The van der Waals surface area contributed by atoms with Crippen molar-refractivity contribution >= 4 is 29.1 Å². The SMILES string of the molecule is C[C@@H]1C[C@@H](Nc2ccccc2)c2ccccc2N1C(=O)CN1C(=O)CCC1=O. The maximum atomic E-state index is 13.0. The summed E-state index contributed by atoms with van der Waals surface area (Å²) in [6.45, 7) is 1.81. The first kappa shape index (κ1) is 18.2. The minimum atomic E-state index is -0.264. The molecular weight excluding hydrogens is 354 g/mol. The smallest absolute Gasteiger partial charge is 0.247 e. The van der Waals surface area contributed by atoms with Crippen molar-refractivity contribution in [3.63, 3.8) is 0 Å².